The molecule has 2 aromatic rings. The van der Waals surface area contributed by atoms with E-state index in [4.69, 9.17) is 11.6 Å². The van der Waals surface area contributed by atoms with Crippen LogP contribution in [0.4, 0.5) is 13.2 Å². The molecule has 1 unspecified atom stereocenters. The highest BCUT2D eigenvalue weighted by Gasteiger charge is 2.34. The van der Waals surface area contributed by atoms with Gasteiger partial charge >= 0.3 is 6.18 Å². The number of carbonyl (C=O) groups excluding carboxylic acids is 2. The summed E-state index contributed by atoms with van der Waals surface area (Å²) in [6.07, 6.45) is -4.42. The standard InChI is InChI=1S/C14H11ClO3S.C4H2ClF3O/c15-14(16)13(11-7-3-1-4-8-11)19(17,18)12-9-5-2-6-10-12;5-3(9)1-2-4(6,7)8/h1-10,13H;1-2H/b;2-1+. The Bertz CT molecular complexity index is 928. The van der Waals surface area contributed by atoms with E-state index in [1.165, 1.54) is 12.1 Å². The fourth-order valence-electron chi connectivity index (χ4n) is 1.97. The maximum absolute atomic E-state index is 12.5. The van der Waals surface area contributed by atoms with Crippen LogP contribution >= 0.6 is 23.2 Å². The first-order valence-corrected chi connectivity index (χ1v) is 9.74. The van der Waals surface area contributed by atoms with Gasteiger partial charge in [0.25, 0.3) is 0 Å². The van der Waals surface area contributed by atoms with Gasteiger partial charge in [-0.1, -0.05) is 48.5 Å². The predicted octanol–water partition coefficient (Wildman–Crippen LogP) is 4.84. The molecule has 0 aliphatic carbocycles. The van der Waals surface area contributed by atoms with E-state index in [1.54, 1.807) is 48.5 Å². The van der Waals surface area contributed by atoms with Gasteiger partial charge in [-0.15, -0.1) is 0 Å². The molecule has 2 rings (SSSR count). The minimum absolute atomic E-state index is 0.0813. The summed E-state index contributed by atoms with van der Waals surface area (Å²) in [5.74, 6) is 0. The van der Waals surface area contributed by atoms with Gasteiger partial charge in [0.05, 0.1) is 4.90 Å². The predicted molar refractivity (Wildman–Crippen MR) is 99.7 cm³/mol. The van der Waals surface area contributed by atoms with E-state index in [0.29, 0.717) is 5.56 Å². The number of hydrogen-bond acceptors (Lipinski definition) is 4. The molecule has 0 amide bonds. The molecule has 0 aliphatic heterocycles. The number of alkyl halides is 3. The Morgan fingerprint density at radius 2 is 1.36 bits per heavy atom. The molecule has 4 nitrogen and oxygen atoms in total. The smallest absolute Gasteiger partial charge is 0.279 e. The second kappa shape index (κ2) is 10.4. The first-order valence-electron chi connectivity index (χ1n) is 7.44. The molecule has 0 N–H and O–H groups in total. The molecule has 0 saturated heterocycles. The Hall–Kier alpha value is -2.16. The SMILES string of the molecule is O=C(Cl)/C=C/C(F)(F)F.O=C(Cl)C(c1ccccc1)S(=O)(=O)c1ccccc1. The van der Waals surface area contributed by atoms with Crippen molar-refractivity contribution in [3.05, 3.63) is 78.4 Å². The van der Waals surface area contributed by atoms with Crippen LogP contribution in [-0.2, 0) is 19.4 Å². The van der Waals surface area contributed by atoms with Crippen molar-refractivity contribution in [2.45, 2.75) is 16.3 Å². The first kappa shape index (κ1) is 23.9. The zero-order valence-electron chi connectivity index (χ0n) is 13.9. The van der Waals surface area contributed by atoms with Crippen molar-refractivity contribution in [2.75, 3.05) is 0 Å². The number of rotatable bonds is 5. The van der Waals surface area contributed by atoms with E-state index < -0.39 is 31.7 Å². The van der Waals surface area contributed by atoms with Crippen molar-refractivity contribution < 1.29 is 31.2 Å². The topological polar surface area (TPSA) is 68.3 Å². The summed E-state index contributed by atoms with van der Waals surface area (Å²) in [7, 11) is -3.83. The van der Waals surface area contributed by atoms with E-state index in [-0.39, 0.29) is 17.0 Å². The summed E-state index contributed by atoms with van der Waals surface area (Å²) in [5.41, 5.74) is 0.367. The molecule has 150 valence electrons. The fourth-order valence-corrected chi connectivity index (χ4v) is 4.08. The summed E-state index contributed by atoms with van der Waals surface area (Å²) in [6, 6.07) is 16.0. The lowest BCUT2D eigenvalue weighted by molar-refractivity contribution is -0.111. The highest BCUT2D eigenvalue weighted by molar-refractivity contribution is 7.92. The molecule has 1 atom stereocenters. The molecule has 0 radical (unpaired) electrons. The Kier molecular flexibility index (Phi) is 8.87. The number of sulfone groups is 1. The molecular formula is C18H13Cl2F3O4S. The van der Waals surface area contributed by atoms with Crippen LogP contribution in [0.3, 0.4) is 0 Å². The van der Waals surface area contributed by atoms with Crippen LogP contribution in [0.1, 0.15) is 10.8 Å². The van der Waals surface area contributed by atoms with E-state index in [0.717, 1.165) is 0 Å². The highest BCUT2D eigenvalue weighted by Crippen LogP contribution is 2.30. The lowest BCUT2D eigenvalue weighted by Gasteiger charge is -2.14. The Balaban J connectivity index is 0.000000370. The van der Waals surface area contributed by atoms with Crippen LogP contribution in [0.5, 0.6) is 0 Å². The molecule has 10 heteroatoms. The second-order valence-electron chi connectivity index (χ2n) is 5.13. The zero-order chi connectivity index (χ0) is 21.4. The molecule has 0 heterocycles. The Morgan fingerprint density at radius 3 is 1.71 bits per heavy atom. The molecule has 2 aromatic carbocycles. The highest BCUT2D eigenvalue weighted by atomic mass is 35.5. The molecule has 28 heavy (non-hydrogen) atoms. The van der Waals surface area contributed by atoms with Gasteiger partial charge in [-0.25, -0.2) is 8.42 Å². The molecule has 0 aromatic heterocycles. The average Bonchev–Trinajstić information content (AvgIpc) is 2.61. The average molecular weight is 453 g/mol. The molecule has 0 saturated carbocycles. The van der Waals surface area contributed by atoms with Gasteiger partial charge in [0, 0.05) is 12.2 Å². The van der Waals surface area contributed by atoms with Crippen LogP contribution in [0.15, 0.2) is 77.7 Å². The number of carbonyl (C=O) groups is 2. The van der Waals surface area contributed by atoms with Crippen molar-refractivity contribution in [1.82, 2.24) is 0 Å². The zero-order valence-corrected chi connectivity index (χ0v) is 16.3. The minimum Gasteiger partial charge on any atom is -0.279 e. The number of hydrogen-bond donors (Lipinski definition) is 0. The quantitative estimate of drug-likeness (QED) is 0.480. The van der Waals surface area contributed by atoms with Crippen molar-refractivity contribution in [2.24, 2.45) is 0 Å². The number of benzene rings is 2. The number of allylic oxidation sites excluding steroid dienone is 2. The summed E-state index contributed by atoms with van der Waals surface area (Å²) < 4.78 is 58.3. The van der Waals surface area contributed by atoms with E-state index >= 15 is 0 Å². The van der Waals surface area contributed by atoms with Gasteiger partial charge in [0.1, 0.15) is 0 Å². The fraction of sp³-hybridized carbons (Fsp3) is 0.111. The van der Waals surface area contributed by atoms with Crippen molar-refractivity contribution in [3.63, 3.8) is 0 Å². The van der Waals surface area contributed by atoms with E-state index in [1.807, 2.05) is 0 Å². The summed E-state index contributed by atoms with van der Waals surface area (Å²) >= 11 is 10.1. The third-order valence-corrected chi connectivity index (χ3v) is 5.60. The van der Waals surface area contributed by atoms with E-state index in [9.17, 15) is 31.2 Å². The van der Waals surface area contributed by atoms with Gasteiger partial charge in [-0.05, 0) is 40.9 Å². The first-order chi connectivity index (χ1) is 12.9. The monoisotopic (exact) mass is 452 g/mol. The summed E-state index contributed by atoms with van der Waals surface area (Å²) in [4.78, 5) is 21.3. The minimum atomic E-state index is -4.45. The summed E-state index contributed by atoms with van der Waals surface area (Å²) in [5, 5.41) is -3.42. The Labute approximate surface area is 169 Å². The van der Waals surface area contributed by atoms with Crippen LogP contribution < -0.4 is 0 Å². The third-order valence-electron chi connectivity index (χ3n) is 3.09. The van der Waals surface area contributed by atoms with Gasteiger partial charge in [0.2, 0.25) is 10.5 Å². The van der Waals surface area contributed by atoms with Crippen molar-refractivity contribution in [3.8, 4) is 0 Å². The van der Waals surface area contributed by atoms with Gasteiger partial charge in [-0.2, -0.15) is 13.2 Å². The van der Waals surface area contributed by atoms with Crippen LogP contribution in [0, 0.1) is 0 Å². The van der Waals surface area contributed by atoms with Gasteiger partial charge in [0.15, 0.2) is 15.1 Å². The van der Waals surface area contributed by atoms with E-state index in [2.05, 4.69) is 11.6 Å². The van der Waals surface area contributed by atoms with Crippen LogP contribution in [0.25, 0.3) is 0 Å². The van der Waals surface area contributed by atoms with Crippen LogP contribution in [-0.4, -0.2) is 25.1 Å². The van der Waals surface area contributed by atoms with Gasteiger partial charge in [-0.3, -0.25) is 9.59 Å². The maximum Gasteiger partial charge on any atom is 0.409 e. The van der Waals surface area contributed by atoms with Crippen molar-refractivity contribution in [1.29, 1.82) is 0 Å². The van der Waals surface area contributed by atoms with Crippen molar-refractivity contribution >= 4 is 43.5 Å². The Morgan fingerprint density at radius 1 is 0.893 bits per heavy atom. The maximum atomic E-state index is 12.5. The number of halogens is 5. The normalized spacial score (nSPS) is 12.8. The lowest BCUT2D eigenvalue weighted by Crippen LogP contribution is -2.19. The molecule has 0 spiro atoms. The van der Waals surface area contributed by atoms with Gasteiger partial charge < -0.3 is 0 Å². The third kappa shape index (κ3) is 7.84. The largest absolute Gasteiger partial charge is 0.409 e. The lowest BCUT2D eigenvalue weighted by atomic mass is 10.2. The summed E-state index contributed by atoms with van der Waals surface area (Å²) in [6.45, 7) is 0. The second-order valence-corrected chi connectivity index (χ2v) is 7.91. The molecule has 0 bridgehead atoms. The van der Waals surface area contributed by atoms with Crippen LogP contribution in [0.2, 0.25) is 0 Å². The molecular weight excluding hydrogens is 440 g/mol. The molecule has 0 fully saturated rings. The molecule has 0 aliphatic rings.